The second kappa shape index (κ2) is 6.81. The van der Waals surface area contributed by atoms with Crippen LogP contribution in [0.4, 0.5) is 0 Å². The minimum atomic E-state index is 0.172. The van der Waals surface area contributed by atoms with Crippen LogP contribution >= 0.6 is 15.9 Å². The van der Waals surface area contributed by atoms with Gasteiger partial charge in [-0.2, -0.15) is 0 Å². The van der Waals surface area contributed by atoms with Crippen LogP contribution in [0.3, 0.4) is 0 Å². The van der Waals surface area contributed by atoms with Crippen LogP contribution in [0.5, 0.6) is 11.5 Å². The van der Waals surface area contributed by atoms with Gasteiger partial charge in [-0.05, 0) is 72.3 Å². The van der Waals surface area contributed by atoms with Crippen LogP contribution in [0.25, 0.3) is 0 Å². The summed E-state index contributed by atoms with van der Waals surface area (Å²) >= 11 is 3.38. The molecule has 112 valence electrons. The van der Waals surface area contributed by atoms with Crippen LogP contribution in [0.15, 0.2) is 16.6 Å². The van der Waals surface area contributed by atoms with Gasteiger partial charge in [0, 0.05) is 12.6 Å². The Bertz CT molecular complexity index is 456. The molecule has 20 heavy (non-hydrogen) atoms. The van der Waals surface area contributed by atoms with Crippen molar-refractivity contribution in [1.82, 2.24) is 4.90 Å². The summed E-state index contributed by atoms with van der Waals surface area (Å²) in [5, 5.41) is 9.85. The quantitative estimate of drug-likeness (QED) is 0.891. The fourth-order valence-corrected chi connectivity index (χ4v) is 3.46. The summed E-state index contributed by atoms with van der Waals surface area (Å²) in [5.74, 6) is 1.58. The summed E-state index contributed by atoms with van der Waals surface area (Å²) in [4.78, 5) is 2.42. The Labute approximate surface area is 130 Å². The highest BCUT2D eigenvalue weighted by molar-refractivity contribution is 9.10. The van der Waals surface area contributed by atoms with Crippen LogP contribution in [-0.2, 0) is 6.54 Å². The average Bonchev–Trinajstić information content (AvgIpc) is 2.43. The largest absolute Gasteiger partial charge is 0.503 e. The van der Waals surface area contributed by atoms with Crippen molar-refractivity contribution < 1.29 is 9.84 Å². The predicted molar refractivity (Wildman–Crippen MR) is 85.2 cm³/mol. The Morgan fingerprint density at radius 2 is 1.95 bits per heavy atom. The van der Waals surface area contributed by atoms with E-state index in [1.165, 1.54) is 25.7 Å². The molecule has 0 aromatic heterocycles. The van der Waals surface area contributed by atoms with Crippen LogP contribution in [0.1, 0.15) is 38.2 Å². The minimum Gasteiger partial charge on any atom is -0.503 e. The van der Waals surface area contributed by atoms with Crippen molar-refractivity contribution in [2.24, 2.45) is 5.92 Å². The van der Waals surface area contributed by atoms with E-state index < -0.39 is 0 Å². The number of benzene rings is 1. The van der Waals surface area contributed by atoms with E-state index in [4.69, 9.17) is 4.74 Å². The van der Waals surface area contributed by atoms with Crippen molar-refractivity contribution in [3.63, 3.8) is 0 Å². The fourth-order valence-electron chi connectivity index (χ4n) is 2.97. The Kier molecular flexibility index (Phi) is 5.33. The Morgan fingerprint density at radius 3 is 2.55 bits per heavy atom. The molecular formula is C16H24BrNO2. The third kappa shape index (κ3) is 3.67. The molecule has 0 unspecified atom stereocenters. The van der Waals surface area contributed by atoms with E-state index >= 15 is 0 Å². The SMILES string of the molecule is COc1cc(CN(C)C2CCC(C)CC2)cc(Br)c1O. The standard InChI is InChI=1S/C16H24BrNO2/c1-11-4-6-13(7-5-11)18(2)10-12-8-14(17)16(19)15(9-12)20-3/h8-9,11,13,19H,4-7,10H2,1-3H3. The maximum Gasteiger partial charge on any atom is 0.172 e. The van der Waals surface area contributed by atoms with Gasteiger partial charge in [0.05, 0.1) is 11.6 Å². The summed E-state index contributed by atoms with van der Waals surface area (Å²) in [5.41, 5.74) is 1.16. The molecule has 1 saturated carbocycles. The lowest BCUT2D eigenvalue weighted by molar-refractivity contribution is 0.163. The van der Waals surface area contributed by atoms with Gasteiger partial charge in [0.25, 0.3) is 0 Å². The van der Waals surface area contributed by atoms with E-state index in [1.54, 1.807) is 7.11 Å². The molecule has 1 aliphatic carbocycles. The third-order valence-electron chi connectivity index (χ3n) is 4.35. The van der Waals surface area contributed by atoms with Crippen molar-refractivity contribution in [3.05, 3.63) is 22.2 Å². The molecule has 0 aliphatic heterocycles. The van der Waals surface area contributed by atoms with Crippen LogP contribution in [-0.4, -0.2) is 30.2 Å². The van der Waals surface area contributed by atoms with Gasteiger partial charge in [-0.3, -0.25) is 4.90 Å². The highest BCUT2D eigenvalue weighted by atomic mass is 79.9. The first-order chi connectivity index (χ1) is 9.51. The van der Waals surface area contributed by atoms with Gasteiger partial charge in [-0.1, -0.05) is 6.92 Å². The van der Waals surface area contributed by atoms with Gasteiger partial charge in [-0.15, -0.1) is 0 Å². The molecule has 1 aliphatic rings. The number of halogens is 1. The number of nitrogens with zero attached hydrogens (tertiary/aromatic N) is 1. The lowest BCUT2D eigenvalue weighted by Crippen LogP contribution is -2.34. The Hall–Kier alpha value is -0.740. The molecule has 1 aromatic carbocycles. The maximum absolute atomic E-state index is 9.85. The molecule has 3 nitrogen and oxygen atoms in total. The topological polar surface area (TPSA) is 32.7 Å². The molecule has 0 bridgehead atoms. The van der Waals surface area contributed by atoms with Crippen LogP contribution < -0.4 is 4.74 Å². The number of rotatable bonds is 4. The van der Waals surface area contributed by atoms with Gasteiger partial charge >= 0.3 is 0 Å². The Balaban J connectivity index is 2.04. The van der Waals surface area contributed by atoms with Crippen molar-refractivity contribution in [3.8, 4) is 11.5 Å². The summed E-state index contributed by atoms with van der Waals surface area (Å²) < 4.78 is 5.90. The highest BCUT2D eigenvalue weighted by Gasteiger charge is 2.22. The van der Waals surface area contributed by atoms with Gasteiger partial charge in [-0.25, -0.2) is 0 Å². The molecule has 1 aromatic rings. The van der Waals surface area contributed by atoms with Gasteiger partial charge in [0.15, 0.2) is 11.5 Å². The van der Waals surface area contributed by atoms with Crippen LogP contribution in [0, 0.1) is 5.92 Å². The summed E-state index contributed by atoms with van der Waals surface area (Å²) in [6, 6.07) is 4.56. The first-order valence-electron chi connectivity index (χ1n) is 7.27. The van der Waals surface area contributed by atoms with Crippen molar-refractivity contribution in [2.75, 3.05) is 14.2 Å². The molecule has 0 radical (unpaired) electrons. The summed E-state index contributed by atoms with van der Waals surface area (Å²) in [6.45, 7) is 3.23. The van der Waals surface area contributed by atoms with Crippen molar-refractivity contribution in [1.29, 1.82) is 0 Å². The number of phenols is 1. The predicted octanol–water partition coefficient (Wildman–Crippen LogP) is 4.17. The number of hydrogen-bond donors (Lipinski definition) is 1. The lowest BCUT2D eigenvalue weighted by Gasteiger charge is -2.33. The Morgan fingerprint density at radius 1 is 1.30 bits per heavy atom. The van der Waals surface area contributed by atoms with Gasteiger partial charge in [0.1, 0.15) is 0 Å². The lowest BCUT2D eigenvalue weighted by atomic mass is 9.86. The monoisotopic (exact) mass is 341 g/mol. The van der Waals surface area contributed by atoms with E-state index in [9.17, 15) is 5.11 Å². The second-order valence-electron chi connectivity index (χ2n) is 5.96. The summed E-state index contributed by atoms with van der Waals surface area (Å²) in [6.07, 6.45) is 5.23. The molecular weight excluding hydrogens is 318 g/mol. The molecule has 0 heterocycles. The first kappa shape index (κ1) is 15.6. The maximum atomic E-state index is 9.85. The molecule has 0 spiro atoms. The molecule has 1 fully saturated rings. The normalized spacial score (nSPS) is 23.1. The zero-order valence-electron chi connectivity index (χ0n) is 12.5. The minimum absolute atomic E-state index is 0.172. The smallest absolute Gasteiger partial charge is 0.172 e. The van der Waals surface area contributed by atoms with Crippen molar-refractivity contribution >= 4 is 15.9 Å². The molecule has 1 N–H and O–H groups in total. The number of aromatic hydroxyl groups is 1. The molecule has 0 saturated heterocycles. The first-order valence-corrected chi connectivity index (χ1v) is 8.06. The third-order valence-corrected chi connectivity index (χ3v) is 4.95. The van der Waals surface area contributed by atoms with Crippen LogP contribution in [0.2, 0.25) is 0 Å². The van der Waals surface area contributed by atoms with E-state index in [1.807, 2.05) is 12.1 Å². The molecule has 0 amide bonds. The molecule has 0 atom stereocenters. The van der Waals surface area contributed by atoms with E-state index in [2.05, 4.69) is 34.8 Å². The second-order valence-corrected chi connectivity index (χ2v) is 6.81. The van der Waals surface area contributed by atoms with Crippen molar-refractivity contribution in [2.45, 2.75) is 45.2 Å². The molecule has 2 rings (SSSR count). The van der Waals surface area contributed by atoms with E-state index in [0.29, 0.717) is 16.3 Å². The number of phenolic OH excluding ortho intramolecular Hbond substituents is 1. The zero-order valence-corrected chi connectivity index (χ0v) is 14.1. The highest BCUT2D eigenvalue weighted by Crippen LogP contribution is 2.36. The summed E-state index contributed by atoms with van der Waals surface area (Å²) in [7, 11) is 3.77. The van der Waals surface area contributed by atoms with E-state index in [0.717, 1.165) is 18.0 Å². The van der Waals surface area contributed by atoms with Gasteiger partial charge < -0.3 is 9.84 Å². The zero-order chi connectivity index (χ0) is 14.7. The average molecular weight is 342 g/mol. The fraction of sp³-hybridized carbons (Fsp3) is 0.625. The molecule has 4 heteroatoms. The number of methoxy groups -OCH3 is 1. The number of hydrogen-bond acceptors (Lipinski definition) is 3. The number of ether oxygens (including phenoxy) is 1. The van der Waals surface area contributed by atoms with Gasteiger partial charge in [0.2, 0.25) is 0 Å². The van der Waals surface area contributed by atoms with E-state index in [-0.39, 0.29) is 5.75 Å².